The van der Waals surface area contributed by atoms with E-state index >= 15 is 0 Å². The van der Waals surface area contributed by atoms with Crippen molar-refractivity contribution in [2.45, 2.75) is 30.3 Å². The van der Waals surface area contributed by atoms with Crippen LogP contribution in [0.5, 0.6) is 0 Å². The number of aliphatic imine (C=N–C) groups is 1. The lowest BCUT2D eigenvalue weighted by atomic mass is 10.2. The summed E-state index contributed by atoms with van der Waals surface area (Å²) in [5.74, 6) is 1.64. The maximum Gasteiger partial charge on any atom is 0.240 e. The van der Waals surface area contributed by atoms with Gasteiger partial charge in [-0.2, -0.15) is 0 Å². The highest BCUT2D eigenvalue weighted by Gasteiger charge is 2.25. The van der Waals surface area contributed by atoms with Crippen molar-refractivity contribution >= 4 is 40.0 Å². The molecule has 1 saturated heterocycles. The van der Waals surface area contributed by atoms with Gasteiger partial charge in [0.25, 0.3) is 0 Å². The number of nitrogens with zero attached hydrogens (tertiary/aromatic N) is 2. The van der Waals surface area contributed by atoms with Crippen LogP contribution in [0.3, 0.4) is 0 Å². The first-order valence-electron chi connectivity index (χ1n) is 9.78. The molecule has 3 rings (SSSR count). The molecule has 1 atom stereocenters. The van der Waals surface area contributed by atoms with E-state index in [4.69, 9.17) is 4.42 Å². The summed E-state index contributed by atoms with van der Waals surface area (Å²) in [6.07, 6.45) is 4.14. The van der Waals surface area contributed by atoms with Crippen LogP contribution in [0.4, 0.5) is 0 Å². The lowest BCUT2D eigenvalue weighted by molar-refractivity contribution is 0.215. The average Bonchev–Trinajstić information content (AvgIpc) is 3.45. The Balaban J connectivity index is 0.00000320. The van der Waals surface area contributed by atoms with Gasteiger partial charge < -0.3 is 15.1 Å². The van der Waals surface area contributed by atoms with Crippen LogP contribution in [0.15, 0.2) is 57.0 Å². The maximum atomic E-state index is 11.8. The van der Waals surface area contributed by atoms with Crippen molar-refractivity contribution in [2.24, 2.45) is 4.99 Å². The van der Waals surface area contributed by atoms with Gasteiger partial charge in [0.15, 0.2) is 5.96 Å². The minimum absolute atomic E-state index is 0. The second-order valence-electron chi connectivity index (χ2n) is 6.93. The van der Waals surface area contributed by atoms with E-state index in [1.54, 1.807) is 37.6 Å². The van der Waals surface area contributed by atoms with E-state index in [2.05, 4.69) is 25.2 Å². The smallest absolute Gasteiger partial charge is 0.240 e. The molecule has 0 spiro atoms. The summed E-state index contributed by atoms with van der Waals surface area (Å²) in [4.78, 5) is 6.97. The van der Waals surface area contributed by atoms with E-state index < -0.39 is 10.0 Å². The van der Waals surface area contributed by atoms with E-state index in [1.807, 2.05) is 12.1 Å². The summed E-state index contributed by atoms with van der Waals surface area (Å²) >= 11 is 0. The molecule has 1 unspecified atom stereocenters. The molecule has 1 aromatic heterocycles. The third kappa shape index (κ3) is 6.43. The third-order valence-electron chi connectivity index (χ3n) is 5.10. The maximum absolute atomic E-state index is 11.8. The van der Waals surface area contributed by atoms with Crippen LogP contribution in [0.2, 0.25) is 0 Å². The van der Waals surface area contributed by atoms with Gasteiger partial charge in [-0.1, -0.05) is 12.1 Å². The monoisotopic (exact) mass is 547 g/mol. The lowest BCUT2D eigenvalue weighted by Crippen LogP contribution is -2.42. The molecular weight excluding hydrogens is 517 g/mol. The molecule has 3 N–H and O–H groups in total. The second kappa shape index (κ2) is 11.7. The van der Waals surface area contributed by atoms with Gasteiger partial charge in [-0.3, -0.25) is 9.89 Å². The van der Waals surface area contributed by atoms with Gasteiger partial charge in [0.05, 0.1) is 17.2 Å². The number of likely N-dealkylation sites (tertiary alicyclic amines) is 1. The molecule has 1 aliphatic rings. The summed E-state index contributed by atoms with van der Waals surface area (Å²) in [5.41, 5.74) is 0.963. The molecule has 30 heavy (non-hydrogen) atoms. The van der Waals surface area contributed by atoms with Crippen LogP contribution in [0.1, 0.15) is 30.2 Å². The molecule has 2 aromatic rings. The molecule has 1 fully saturated rings. The second-order valence-corrected chi connectivity index (χ2v) is 8.82. The molecule has 166 valence electrons. The molecule has 0 bridgehead atoms. The number of hydrogen-bond acceptors (Lipinski definition) is 5. The molecule has 2 heterocycles. The Kier molecular flexibility index (Phi) is 9.59. The number of benzene rings is 1. The number of sulfonamides is 1. The summed E-state index contributed by atoms with van der Waals surface area (Å²) in [5, 5.41) is 6.65. The summed E-state index contributed by atoms with van der Waals surface area (Å²) in [6, 6.07) is 10.9. The quantitative estimate of drug-likeness (QED) is 0.267. The normalized spacial score (nSPS) is 16.1. The fraction of sp³-hybridized carbons (Fsp3) is 0.450. The molecule has 10 heteroatoms. The summed E-state index contributed by atoms with van der Waals surface area (Å²) in [6.45, 7) is 3.36. The van der Waals surface area contributed by atoms with Gasteiger partial charge in [-0.15, -0.1) is 24.0 Å². The Morgan fingerprint density at radius 2 is 1.87 bits per heavy atom. The molecule has 8 nitrogen and oxygen atoms in total. The topological polar surface area (TPSA) is 99.0 Å². The molecule has 0 radical (unpaired) electrons. The van der Waals surface area contributed by atoms with E-state index in [0.29, 0.717) is 19.0 Å². The van der Waals surface area contributed by atoms with Gasteiger partial charge in [0.1, 0.15) is 5.76 Å². The number of guanidine groups is 1. The van der Waals surface area contributed by atoms with Gasteiger partial charge >= 0.3 is 0 Å². The van der Waals surface area contributed by atoms with E-state index in [9.17, 15) is 8.42 Å². The first-order valence-corrected chi connectivity index (χ1v) is 11.3. The largest absolute Gasteiger partial charge is 0.468 e. The van der Waals surface area contributed by atoms with Gasteiger partial charge in [-0.05, 0) is 62.8 Å². The Bertz CT molecular complexity index is 895. The SMILES string of the molecule is CN=C(NCc1ccc(S(=O)(=O)NC)cc1)NCC(c1ccco1)N1CCCC1.I. The van der Waals surface area contributed by atoms with Crippen LogP contribution in [-0.4, -0.2) is 53.0 Å². The molecule has 1 aromatic carbocycles. The zero-order valence-corrected chi connectivity index (χ0v) is 20.4. The fourth-order valence-corrected chi connectivity index (χ4v) is 4.18. The number of furan rings is 1. The van der Waals surface area contributed by atoms with Crippen molar-refractivity contribution in [3.8, 4) is 0 Å². The molecule has 0 saturated carbocycles. The van der Waals surface area contributed by atoms with Gasteiger partial charge in [0.2, 0.25) is 10.0 Å². The summed E-state index contributed by atoms with van der Waals surface area (Å²) in [7, 11) is -0.286. The summed E-state index contributed by atoms with van der Waals surface area (Å²) < 4.78 is 31.6. The van der Waals surface area contributed by atoms with Crippen molar-refractivity contribution < 1.29 is 12.8 Å². The minimum Gasteiger partial charge on any atom is -0.468 e. The average molecular weight is 547 g/mol. The van der Waals surface area contributed by atoms with Crippen molar-refractivity contribution in [2.75, 3.05) is 33.7 Å². The molecular formula is C20H30IN5O3S. The molecule has 0 amide bonds. The van der Waals surface area contributed by atoms with Crippen molar-refractivity contribution in [1.29, 1.82) is 0 Å². The highest BCUT2D eigenvalue weighted by Crippen LogP contribution is 2.24. The first-order chi connectivity index (χ1) is 14.0. The van der Waals surface area contributed by atoms with Crippen LogP contribution >= 0.6 is 24.0 Å². The van der Waals surface area contributed by atoms with E-state index in [0.717, 1.165) is 24.4 Å². The Morgan fingerprint density at radius 3 is 2.43 bits per heavy atom. The highest BCUT2D eigenvalue weighted by molar-refractivity contribution is 14.0. The van der Waals surface area contributed by atoms with Crippen LogP contribution < -0.4 is 15.4 Å². The zero-order chi connectivity index (χ0) is 20.7. The van der Waals surface area contributed by atoms with Crippen molar-refractivity contribution in [1.82, 2.24) is 20.3 Å². The number of hydrogen-bond donors (Lipinski definition) is 3. The van der Waals surface area contributed by atoms with Crippen molar-refractivity contribution in [3.05, 3.63) is 54.0 Å². The molecule has 0 aliphatic carbocycles. The van der Waals surface area contributed by atoms with E-state index in [1.165, 1.54) is 19.9 Å². The van der Waals surface area contributed by atoms with Gasteiger partial charge in [0, 0.05) is 20.1 Å². The lowest BCUT2D eigenvalue weighted by Gasteiger charge is -2.26. The number of rotatable bonds is 8. The highest BCUT2D eigenvalue weighted by atomic mass is 127. The minimum atomic E-state index is -3.42. The Morgan fingerprint density at radius 1 is 1.17 bits per heavy atom. The predicted molar refractivity (Wildman–Crippen MR) is 129 cm³/mol. The number of halogens is 1. The molecule has 1 aliphatic heterocycles. The van der Waals surface area contributed by atoms with Crippen LogP contribution in [0.25, 0.3) is 0 Å². The van der Waals surface area contributed by atoms with Gasteiger partial charge in [-0.25, -0.2) is 13.1 Å². The fourth-order valence-electron chi connectivity index (χ4n) is 3.45. The van der Waals surface area contributed by atoms with Crippen LogP contribution in [0, 0.1) is 0 Å². The third-order valence-corrected chi connectivity index (χ3v) is 6.53. The zero-order valence-electron chi connectivity index (χ0n) is 17.3. The van der Waals surface area contributed by atoms with Crippen LogP contribution in [-0.2, 0) is 16.6 Å². The standard InChI is InChI=1S/C20H29N5O3S.HI/c1-21-20(23-14-16-7-9-17(10-8-16)29(26,27)22-2)24-15-18(19-6-5-13-28-19)25-11-3-4-12-25;/h5-10,13,18,22H,3-4,11-12,14-15H2,1-2H3,(H2,21,23,24);1H. The number of nitrogens with one attached hydrogen (secondary N) is 3. The Labute approximate surface area is 195 Å². The Hall–Kier alpha value is -1.63. The first kappa shape index (κ1) is 24.6. The predicted octanol–water partition coefficient (Wildman–Crippen LogP) is 2.31. The van der Waals surface area contributed by atoms with E-state index in [-0.39, 0.29) is 34.9 Å². The van der Waals surface area contributed by atoms with Crippen molar-refractivity contribution in [3.63, 3.8) is 0 Å².